The van der Waals surface area contributed by atoms with Crippen molar-refractivity contribution in [3.05, 3.63) is 79.4 Å². The number of carbonyl (C=O) groups is 1. The molecular weight excluding hydrogens is 408 g/mol. The van der Waals surface area contributed by atoms with Gasteiger partial charge in [-0.3, -0.25) is 9.36 Å². The van der Waals surface area contributed by atoms with E-state index in [0.29, 0.717) is 17.5 Å². The molecule has 1 amide bonds. The molecule has 0 saturated carbocycles. The van der Waals surface area contributed by atoms with Crippen LogP contribution in [0.2, 0.25) is 0 Å². The van der Waals surface area contributed by atoms with Crippen LogP contribution in [0, 0.1) is 0 Å². The van der Waals surface area contributed by atoms with Gasteiger partial charge in [-0.05, 0) is 23.6 Å². The minimum atomic E-state index is -0.0996. The normalized spacial score (nSPS) is 10.7. The fourth-order valence-electron chi connectivity index (χ4n) is 3.32. The first kappa shape index (κ1) is 20.7. The van der Waals surface area contributed by atoms with Crippen LogP contribution in [0.3, 0.4) is 0 Å². The number of anilines is 1. The summed E-state index contributed by atoms with van der Waals surface area (Å²) in [5, 5.41) is 14.4. The highest BCUT2D eigenvalue weighted by molar-refractivity contribution is 7.99. The van der Waals surface area contributed by atoms with Gasteiger partial charge in [-0.1, -0.05) is 66.4 Å². The highest BCUT2D eigenvalue weighted by Crippen LogP contribution is 2.27. The maximum atomic E-state index is 12.6. The van der Waals surface area contributed by atoms with E-state index in [1.807, 2.05) is 71.3 Å². The highest BCUT2D eigenvalue weighted by Gasteiger charge is 2.16. The summed E-state index contributed by atoms with van der Waals surface area (Å²) in [5.41, 5.74) is 1.69. The average Bonchev–Trinajstić information content (AvgIpc) is 3.21. The Kier molecular flexibility index (Phi) is 6.33. The fraction of sp³-hybridized carbons (Fsp3) is 0.125. The van der Waals surface area contributed by atoms with E-state index in [9.17, 15) is 4.79 Å². The Morgan fingerprint density at radius 2 is 1.94 bits per heavy atom. The SMILES string of the molecule is C=CCn1c(SCC(=O)Nc2cccc3ccccc23)nnc1-c1cccc(OC)c1. The number of thioether (sulfide) groups is 1. The molecule has 0 aliphatic rings. The smallest absolute Gasteiger partial charge is 0.234 e. The predicted octanol–water partition coefficient (Wildman–Crippen LogP) is 5.02. The third-order valence-corrected chi connectivity index (χ3v) is 5.72. The van der Waals surface area contributed by atoms with E-state index in [4.69, 9.17) is 4.74 Å². The van der Waals surface area contributed by atoms with Gasteiger partial charge in [-0.2, -0.15) is 0 Å². The molecule has 156 valence electrons. The third-order valence-electron chi connectivity index (χ3n) is 4.75. The Labute approximate surface area is 185 Å². The number of aromatic nitrogens is 3. The molecule has 0 atom stereocenters. The fourth-order valence-corrected chi connectivity index (χ4v) is 4.06. The molecule has 4 aromatic rings. The first-order valence-corrected chi connectivity index (χ1v) is 10.8. The van der Waals surface area contributed by atoms with Gasteiger partial charge in [0.15, 0.2) is 11.0 Å². The number of methoxy groups -OCH3 is 1. The summed E-state index contributed by atoms with van der Waals surface area (Å²) < 4.78 is 7.26. The average molecular weight is 431 g/mol. The Morgan fingerprint density at radius 3 is 2.77 bits per heavy atom. The molecule has 0 bridgehead atoms. The second-order valence-corrected chi connectivity index (χ2v) is 7.74. The lowest BCUT2D eigenvalue weighted by atomic mass is 10.1. The molecule has 0 fully saturated rings. The van der Waals surface area contributed by atoms with E-state index in [1.54, 1.807) is 13.2 Å². The molecule has 4 rings (SSSR count). The molecule has 0 aliphatic heterocycles. The van der Waals surface area contributed by atoms with Crippen LogP contribution in [-0.2, 0) is 11.3 Å². The molecule has 0 radical (unpaired) electrons. The number of rotatable bonds is 8. The first-order chi connectivity index (χ1) is 15.2. The summed E-state index contributed by atoms with van der Waals surface area (Å²) in [5.74, 6) is 1.57. The van der Waals surface area contributed by atoms with Crippen molar-refractivity contribution in [1.82, 2.24) is 14.8 Å². The van der Waals surface area contributed by atoms with Crippen molar-refractivity contribution < 1.29 is 9.53 Å². The van der Waals surface area contributed by atoms with Crippen molar-refractivity contribution in [2.75, 3.05) is 18.2 Å². The van der Waals surface area contributed by atoms with Crippen molar-refractivity contribution in [2.45, 2.75) is 11.7 Å². The largest absolute Gasteiger partial charge is 0.497 e. The lowest BCUT2D eigenvalue weighted by Gasteiger charge is -2.10. The topological polar surface area (TPSA) is 69.0 Å². The van der Waals surface area contributed by atoms with Crippen molar-refractivity contribution in [3.63, 3.8) is 0 Å². The lowest BCUT2D eigenvalue weighted by Crippen LogP contribution is -2.15. The zero-order chi connectivity index (χ0) is 21.6. The van der Waals surface area contributed by atoms with Crippen molar-refractivity contribution in [1.29, 1.82) is 0 Å². The van der Waals surface area contributed by atoms with Crippen LogP contribution in [0.25, 0.3) is 22.2 Å². The monoisotopic (exact) mass is 430 g/mol. The summed E-state index contributed by atoms with van der Waals surface area (Å²) in [6.07, 6.45) is 1.78. The Bertz CT molecular complexity index is 1230. The summed E-state index contributed by atoms with van der Waals surface area (Å²) >= 11 is 1.34. The van der Waals surface area contributed by atoms with Crippen molar-refractivity contribution >= 4 is 34.1 Å². The molecule has 7 heteroatoms. The van der Waals surface area contributed by atoms with E-state index in [2.05, 4.69) is 22.1 Å². The minimum absolute atomic E-state index is 0.0996. The van der Waals surface area contributed by atoms with Crippen LogP contribution in [0.1, 0.15) is 0 Å². The second-order valence-electron chi connectivity index (χ2n) is 6.80. The summed E-state index contributed by atoms with van der Waals surface area (Å²) in [7, 11) is 1.63. The number of hydrogen-bond donors (Lipinski definition) is 1. The number of benzene rings is 3. The Morgan fingerprint density at radius 1 is 1.13 bits per heavy atom. The Balaban J connectivity index is 1.51. The number of ether oxygens (including phenoxy) is 1. The standard InChI is InChI=1S/C24H22N4O2S/c1-3-14-28-23(18-10-6-11-19(15-18)30-2)26-27-24(28)31-16-22(29)25-21-13-7-9-17-8-4-5-12-20(17)21/h3-13,15H,1,14,16H2,2H3,(H,25,29). The Hall–Kier alpha value is -3.58. The number of nitrogens with one attached hydrogen (secondary N) is 1. The maximum absolute atomic E-state index is 12.6. The summed E-state index contributed by atoms with van der Waals surface area (Å²) in [6.45, 7) is 4.37. The van der Waals surface area contributed by atoms with Crippen LogP contribution in [0.5, 0.6) is 5.75 Å². The van der Waals surface area contributed by atoms with Crippen molar-refractivity contribution in [3.8, 4) is 17.1 Å². The van der Waals surface area contributed by atoms with Gasteiger partial charge in [-0.15, -0.1) is 16.8 Å². The maximum Gasteiger partial charge on any atom is 0.234 e. The minimum Gasteiger partial charge on any atom is -0.497 e. The van der Waals surface area contributed by atoms with Gasteiger partial charge in [-0.25, -0.2) is 0 Å². The highest BCUT2D eigenvalue weighted by atomic mass is 32.2. The van der Waals surface area contributed by atoms with Crippen LogP contribution in [0.4, 0.5) is 5.69 Å². The lowest BCUT2D eigenvalue weighted by molar-refractivity contribution is -0.113. The third kappa shape index (κ3) is 4.62. The molecule has 0 saturated heterocycles. The molecule has 0 aliphatic carbocycles. The molecule has 0 spiro atoms. The van der Waals surface area contributed by atoms with Crippen LogP contribution < -0.4 is 10.1 Å². The van der Waals surface area contributed by atoms with E-state index >= 15 is 0 Å². The molecule has 1 aromatic heterocycles. The quantitative estimate of drug-likeness (QED) is 0.314. The second kappa shape index (κ2) is 9.49. The zero-order valence-corrected chi connectivity index (χ0v) is 17.9. The van der Waals surface area contributed by atoms with Gasteiger partial charge < -0.3 is 10.1 Å². The van der Waals surface area contributed by atoms with Gasteiger partial charge >= 0.3 is 0 Å². The number of amides is 1. The van der Waals surface area contributed by atoms with E-state index in [-0.39, 0.29) is 11.7 Å². The van der Waals surface area contributed by atoms with Gasteiger partial charge in [0.1, 0.15) is 5.75 Å². The van der Waals surface area contributed by atoms with Gasteiger partial charge in [0.25, 0.3) is 0 Å². The van der Waals surface area contributed by atoms with Crippen molar-refractivity contribution in [2.24, 2.45) is 0 Å². The number of fused-ring (bicyclic) bond motifs is 1. The molecule has 31 heavy (non-hydrogen) atoms. The number of allylic oxidation sites excluding steroid dienone is 1. The van der Waals surface area contributed by atoms with Crippen LogP contribution in [-0.4, -0.2) is 33.5 Å². The van der Waals surface area contributed by atoms with Gasteiger partial charge in [0.05, 0.1) is 12.9 Å². The van der Waals surface area contributed by atoms with E-state index < -0.39 is 0 Å². The molecule has 6 nitrogen and oxygen atoms in total. The molecule has 3 aromatic carbocycles. The molecule has 1 heterocycles. The molecular formula is C24H22N4O2S. The van der Waals surface area contributed by atoms with Gasteiger partial charge in [0.2, 0.25) is 5.91 Å². The van der Waals surface area contributed by atoms with E-state index in [0.717, 1.165) is 27.8 Å². The number of carbonyl (C=O) groups excluding carboxylic acids is 1. The molecule has 1 N–H and O–H groups in total. The summed E-state index contributed by atoms with van der Waals surface area (Å²) in [6, 6.07) is 21.5. The van der Waals surface area contributed by atoms with E-state index in [1.165, 1.54) is 11.8 Å². The number of nitrogens with zero attached hydrogens (tertiary/aromatic N) is 3. The predicted molar refractivity (Wildman–Crippen MR) is 126 cm³/mol. The summed E-state index contributed by atoms with van der Waals surface area (Å²) in [4.78, 5) is 12.6. The molecule has 0 unspecified atom stereocenters. The van der Waals surface area contributed by atoms with Crippen LogP contribution >= 0.6 is 11.8 Å². The van der Waals surface area contributed by atoms with Gasteiger partial charge in [0, 0.05) is 23.2 Å². The first-order valence-electron chi connectivity index (χ1n) is 9.78. The number of hydrogen-bond acceptors (Lipinski definition) is 5. The van der Waals surface area contributed by atoms with Crippen LogP contribution in [0.15, 0.2) is 84.5 Å². The zero-order valence-electron chi connectivity index (χ0n) is 17.1.